The van der Waals surface area contributed by atoms with Crippen molar-refractivity contribution in [2.45, 2.75) is 27.7 Å². The Morgan fingerprint density at radius 2 is 1.92 bits per heavy atom. The molecule has 0 saturated heterocycles. The number of carbonyl (C=O) groups is 1. The number of benzene rings is 2. The first kappa shape index (κ1) is 17.7. The molecule has 0 atom stereocenters. The lowest BCUT2D eigenvalue weighted by atomic mass is 10.1. The summed E-state index contributed by atoms with van der Waals surface area (Å²) in [6.45, 7) is 7.67. The molecule has 2 aromatic carbocycles. The van der Waals surface area contributed by atoms with Gasteiger partial charge in [-0.25, -0.2) is 4.98 Å². The van der Waals surface area contributed by atoms with E-state index in [-0.39, 0.29) is 12.5 Å². The maximum absolute atomic E-state index is 12.2. The summed E-state index contributed by atoms with van der Waals surface area (Å²) < 4.78 is 11.3. The fourth-order valence-electron chi connectivity index (χ4n) is 2.53. The van der Waals surface area contributed by atoms with Crippen molar-refractivity contribution >= 4 is 11.6 Å². The molecule has 3 aromatic rings. The van der Waals surface area contributed by atoms with Gasteiger partial charge < -0.3 is 14.5 Å². The van der Waals surface area contributed by atoms with Crippen molar-refractivity contribution in [2.24, 2.45) is 0 Å². The fourth-order valence-corrected chi connectivity index (χ4v) is 2.53. The van der Waals surface area contributed by atoms with E-state index in [2.05, 4.69) is 10.3 Å². The van der Waals surface area contributed by atoms with E-state index in [1.54, 1.807) is 0 Å². The van der Waals surface area contributed by atoms with Crippen LogP contribution in [0.15, 0.2) is 46.9 Å². The summed E-state index contributed by atoms with van der Waals surface area (Å²) in [4.78, 5) is 16.6. The highest BCUT2D eigenvalue weighted by molar-refractivity contribution is 5.92. The molecule has 1 aromatic heterocycles. The molecule has 3 rings (SSSR count). The molecule has 5 nitrogen and oxygen atoms in total. The molecular weight excluding hydrogens is 328 g/mol. The number of hydrogen-bond acceptors (Lipinski definition) is 4. The summed E-state index contributed by atoms with van der Waals surface area (Å²) >= 11 is 0. The Hall–Kier alpha value is -3.08. The van der Waals surface area contributed by atoms with Crippen molar-refractivity contribution in [3.05, 3.63) is 65.0 Å². The zero-order valence-corrected chi connectivity index (χ0v) is 15.4. The quantitative estimate of drug-likeness (QED) is 0.731. The topological polar surface area (TPSA) is 64.4 Å². The van der Waals surface area contributed by atoms with Crippen molar-refractivity contribution in [2.75, 3.05) is 11.9 Å². The van der Waals surface area contributed by atoms with Gasteiger partial charge in [0.15, 0.2) is 6.61 Å². The van der Waals surface area contributed by atoms with E-state index in [1.807, 2.05) is 70.2 Å². The normalized spacial score (nSPS) is 10.6. The summed E-state index contributed by atoms with van der Waals surface area (Å²) in [7, 11) is 0. The number of aryl methyl sites for hydroxylation is 4. The number of oxazole rings is 1. The van der Waals surface area contributed by atoms with Gasteiger partial charge in [0.1, 0.15) is 11.5 Å². The number of nitrogens with zero attached hydrogens (tertiary/aromatic N) is 1. The molecule has 0 fully saturated rings. The number of amides is 1. The van der Waals surface area contributed by atoms with Crippen LogP contribution in [0.5, 0.6) is 5.75 Å². The Morgan fingerprint density at radius 1 is 1.12 bits per heavy atom. The minimum absolute atomic E-state index is 0.0499. The van der Waals surface area contributed by atoms with E-state index in [4.69, 9.17) is 9.15 Å². The first-order chi connectivity index (χ1) is 12.4. The lowest BCUT2D eigenvalue weighted by Crippen LogP contribution is -2.20. The number of carbonyl (C=O) groups excluding carboxylic acids is 1. The summed E-state index contributed by atoms with van der Waals surface area (Å²) in [5.74, 6) is 1.83. The molecule has 1 heterocycles. The third-order valence-electron chi connectivity index (χ3n) is 4.12. The van der Waals surface area contributed by atoms with Gasteiger partial charge in [-0.05, 0) is 63.1 Å². The van der Waals surface area contributed by atoms with Gasteiger partial charge in [0.2, 0.25) is 5.89 Å². The second-order valence-electron chi connectivity index (χ2n) is 6.35. The van der Waals surface area contributed by atoms with E-state index >= 15 is 0 Å². The third-order valence-corrected chi connectivity index (χ3v) is 4.12. The standard InChI is InChI=1S/C21H22N2O3/c1-13-8-9-14(2)19(10-13)25-12-20(24)23-18-7-5-6-17(11-18)21-22-15(3)16(4)26-21/h5-11H,12H2,1-4H3,(H,23,24). The van der Waals surface area contributed by atoms with Gasteiger partial charge in [0.05, 0.1) is 5.69 Å². The van der Waals surface area contributed by atoms with Gasteiger partial charge in [0, 0.05) is 11.3 Å². The molecule has 0 spiro atoms. The Kier molecular flexibility index (Phi) is 5.07. The molecule has 0 radical (unpaired) electrons. The highest BCUT2D eigenvalue weighted by Crippen LogP contribution is 2.24. The molecule has 0 aliphatic heterocycles. The second-order valence-corrected chi connectivity index (χ2v) is 6.35. The number of rotatable bonds is 5. The van der Waals surface area contributed by atoms with Gasteiger partial charge in [-0.15, -0.1) is 0 Å². The number of anilines is 1. The van der Waals surface area contributed by atoms with Crippen molar-refractivity contribution in [3.63, 3.8) is 0 Å². The molecular formula is C21H22N2O3. The molecule has 0 unspecified atom stereocenters. The van der Waals surface area contributed by atoms with Crippen LogP contribution in [0.2, 0.25) is 0 Å². The summed E-state index contributed by atoms with van der Waals surface area (Å²) in [6, 6.07) is 13.3. The minimum Gasteiger partial charge on any atom is -0.483 e. The largest absolute Gasteiger partial charge is 0.483 e. The van der Waals surface area contributed by atoms with Gasteiger partial charge in [-0.3, -0.25) is 4.79 Å². The van der Waals surface area contributed by atoms with Crippen LogP contribution in [0.4, 0.5) is 5.69 Å². The summed E-state index contributed by atoms with van der Waals surface area (Å²) in [5.41, 5.74) is 4.44. The van der Waals surface area contributed by atoms with Gasteiger partial charge in [0.25, 0.3) is 5.91 Å². The predicted octanol–water partition coefficient (Wildman–Crippen LogP) is 4.59. The Labute approximate surface area is 153 Å². The first-order valence-corrected chi connectivity index (χ1v) is 8.47. The van der Waals surface area contributed by atoms with E-state index < -0.39 is 0 Å². The van der Waals surface area contributed by atoms with Crippen LogP contribution >= 0.6 is 0 Å². The van der Waals surface area contributed by atoms with Crippen LogP contribution in [0, 0.1) is 27.7 Å². The molecule has 0 saturated carbocycles. The van der Waals surface area contributed by atoms with Crippen molar-refractivity contribution in [3.8, 4) is 17.2 Å². The summed E-state index contributed by atoms with van der Waals surface area (Å²) in [6.07, 6.45) is 0. The first-order valence-electron chi connectivity index (χ1n) is 8.47. The highest BCUT2D eigenvalue weighted by atomic mass is 16.5. The molecule has 1 amide bonds. The molecule has 0 aliphatic rings. The maximum Gasteiger partial charge on any atom is 0.262 e. The highest BCUT2D eigenvalue weighted by Gasteiger charge is 2.10. The van der Waals surface area contributed by atoms with Crippen molar-refractivity contribution < 1.29 is 13.9 Å². The number of ether oxygens (including phenoxy) is 1. The molecule has 0 aliphatic carbocycles. The van der Waals surface area contributed by atoms with Gasteiger partial charge in [-0.2, -0.15) is 0 Å². The van der Waals surface area contributed by atoms with Crippen LogP contribution in [-0.4, -0.2) is 17.5 Å². The molecule has 26 heavy (non-hydrogen) atoms. The molecule has 1 N–H and O–H groups in total. The Balaban J connectivity index is 1.66. The van der Waals surface area contributed by atoms with Crippen LogP contribution < -0.4 is 10.1 Å². The number of nitrogens with one attached hydrogen (secondary N) is 1. The van der Waals surface area contributed by atoms with Crippen LogP contribution in [0.3, 0.4) is 0 Å². The van der Waals surface area contributed by atoms with Crippen LogP contribution in [0.25, 0.3) is 11.5 Å². The maximum atomic E-state index is 12.2. The average molecular weight is 350 g/mol. The van der Waals surface area contributed by atoms with Crippen molar-refractivity contribution in [1.29, 1.82) is 0 Å². The second kappa shape index (κ2) is 7.44. The van der Waals surface area contributed by atoms with Crippen molar-refractivity contribution in [1.82, 2.24) is 4.98 Å². The zero-order chi connectivity index (χ0) is 18.7. The lowest BCUT2D eigenvalue weighted by Gasteiger charge is -2.10. The Bertz CT molecular complexity index is 925. The number of hydrogen-bond donors (Lipinski definition) is 1. The lowest BCUT2D eigenvalue weighted by molar-refractivity contribution is -0.118. The van der Waals surface area contributed by atoms with Gasteiger partial charge >= 0.3 is 0 Å². The zero-order valence-electron chi connectivity index (χ0n) is 15.4. The van der Waals surface area contributed by atoms with E-state index in [1.165, 1.54) is 0 Å². The predicted molar refractivity (Wildman–Crippen MR) is 101 cm³/mol. The average Bonchev–Trinajstić information content (AvgIpc) is 2.95. The minimum atomic E-state index is -0.220. The van der Waals surface area contributed by atoms with E-state index in [0.717, 1.165) is 33.9 Å². The third kappa shape index (κ3) is 4.11. The SMILES string of the molecule is Cc1ccc(C)c(OCC(=O)Nc2cccc(-c3nc(C)c(C)o3)c2)c1. The van der Waals surface area contributed by atoms with Gasteiger partial charge in [-0.1, -0.05) is 18.2 Å². The van der Waals surface area contributed by atoms with E-state index in [0.29, 0.717) is 11.6 Å². The summed E-state index contributed by atoms with van der Waals surface area (Å²) in [5, 5.41) is 2.84. The van der Waals surface area contributed by atoms with Crippen LogP contribution in [0.1, 0.15) is 22.6 Å². The van der Waals surface area contributed by atoms with Crippen LogP contribution in [-0.2, 0) is 4.79 Å². The Morgan fingerprint density at radius 3 is 2.65 bits per heavy atom. The number of aromatic nitrogens is 1. The smallest absolute Gasteiger partial charge is 0.262 e. The molecule has 5 heteroatoms. The molecule has 0 bridgehead atoms. The molecule has 134 valence electrons. The van der Waals surface area contributed by atoms with E-state index in [9.17, 15) is 4.79 Å². The fraction of sp³-hybridized carbons (Fsp3) is 0.238. The monoisotopic (exact) mass is 350 g/mol.